The first-order valence-electron chi connectivity index (χ1n) is 10.5. The van der Waals surface area contributed by atoms with Crippen LogP contribution in [0.25, 0.3) is 0 Å². The molecule has 1 aromatic carbocycles. The smallest absolute Gasteiger partial charge is 0.341 e. The van der Waals surface area contributed by atoms with E-state index in [1.165, 1.54) is 6.07 Å². The number of ether oxygens (including phenoxy) is 1. The molecule has 4 rings (SSSR count). The van der Waals surface area contributed by atoms with Crippen LogP contribution in [0.5, 0.6) is 5.75 Å². The number of hydrogen-bond acceptors (Lipinski definition) is 10. The van der Waals surface area contributed by atoms with Gasteiger partial charge in [-0.2, -0.15) is 0 Å². The van der Waals surface area contributed by atoms with Crippen LogP contribution in [-0.2, 0) is 20.7 Å². The number of Topliss-reactive ketones (excluding diaryl/α,β-unsaturated/α-hetero) is 2. The van der Waals surface area contributed by atoms with Crippen molar-refractivity contribution in [3.05, 3.63) is 45.4 Å². The Kier molecular flexibility index (Phi) is 5.20. The van der Waals surface area contributed by atoms with E-state index in [4.69, 9.17) is 10.5 Å². The summed E-state index contributed by atoms with van der Waals surface area (Å²) in [6, 6.07) is 1.40. The number of nitrogens with zero attached hydrogens (tertiary/aromatic N) is 1. The van der Waals surface area contributed by atoms with E-state index in [1.54, 1.807) is 19.0 Å². The van der Waals surface area contributed by atoms with Crippen LogP contribution in [0.15, 0.2) is 28.7 Å². The van der Waals surface area contributed by atoms with Crippen molar-refractivity contribution in [2.45, 2.75) is 24.9 Å². The van der Waals surface area contributed by atoms with E-state index >= 15 is 0 Å². The summed E-state index contributed by atoms with van der Waals surface area (Å²) in [5, 5.41) is 43.3. The molecule has 1 aromatic rings. The first-order chi connectivity index (χ1) is 15.9. The van der Waals surface area contributed by atoms with Gasteiger partial charge in [0.1, 0.15) is 28.4 Å². The molecule has 3 aliphatic carbocycles. The third-order valence-corrected chi connectivity index (χ3v) is 6.93. The quantitative estimate of drug-likeness (QED) is 0.305. The fourth-order valence-corrected chi connectivity index (χ4v) is 5.33. The molecular weight excluding hydrogens is 448 g/mol. The standard InChI is InChI=1S/C23H24N2O9/c1-25(2)12-7-11(22(32)34-3)17(27)15-10(12)5-8-4-9-6-13(26)16(21(24)31)20(30)23(9,33)19(29)14(8)18(15)28/h7-9,26-27,29,33H,4-6H2,1-3H3,(H2,24,31)/t8-,9+,23+/m1/s1. The van der Waals surface area contributed by atoms with Crippen molar-refractivity contribution >= 4 is 29.1 Å². The fourth-order valence-electron chi connectivity index (χ4n) is 5.33. The van der Waals surface area contributed by atoms with E-state index in [2.05, 4.69) is 0 Å². The normalized spacial score (nSPS) is 26.0. The van der Waals surface area contributed by atoms with Crippen LogP contribution in [0, 0.1) is 11.8 Å². The Labute approximate surface area is 193 Å². The van der Waals surface area contributed by atoms with Gasteiger partial charge in [-0.25, -0.2) is 4.79 Å². The molecule has 6 N–H and O–H groups in total. The molecule has 0 fully saturated rings. The van der Waals surface area contributed by atoms with Gasteiger partial charge in [0.2, 0.25) is 5.78 Å². The highest BCUT2D eigenvalue weighted by Gasteiger charge is 2.59. The molecule has 34 heavy (non-hydrogen) atoms. The average Bonchev–Trinajstić information content (AvgIpc) is 2.75. The van der Waals surface area contributed by atoms with Gasteiger partial charge in [0, 0.05) is 37.7 Å². The number of benzene rings is 1. The van der Waals surface area contributed by atoms with Gasteiger partial charge in [-0.15, -0.1) is 0 Å². The summed E-state index contributed by atoms with van der Waals surface area (Å²) in [6.07, 6.45) is -0.144. The molecule has 3 atom stereocenters. The molecule has 3 aliphatic rings. The molecule has 180 valence electrons. The molecule has 0 unspecified atom stereocenters. The number of anilines is 1. The summed E-state index contributed by atoms with van der Waals surface area (Å²) in [4.78, 5) is 52.2. The molecular formula is C23H24N2O9. The number of carbonyl (C=O) groups excluding carboxylic acids is 4. The van der Waals surface area contributed by atoms with E-state index in [9.17, 15) is 39.6 Å². The Hall–Kier alpha value is -3.86. The number of ketones is 2. The molecule has 11 nitrogen and oxygen atoms in total. The van der Waals surface area contributed by atoms with E-state index in [1.807, 2.05) is 0 Å². The Morgan fingerprint density at radius 3 is 2.38 bits per heavy atom. The highest BCUT2D eigenvalue weighted by Crippen LogP contribution is 2.52. The number of allylic oxidation sites excluding steroid dienone is 2. The molecule has 1 amide bonds. The predicted octanol–water partition coefficient (Wildman–Crippen LogP) is 0.433. The number of rotatable bonds is 3. The maximum atomic E-state index is 13.6. The molecule has 0 saturated heterocycles. The Morgan fingerprint density at radius 1 is 1.18 bits per heavy atom. The first kappa shape index (κ1) is 23.3. The maximum Gasteiger partial charge on any atom is 0.341 e. The molecule has 0 saturated carbocycles. The highest BCUT2D eigenvalue weighted by molar-refractivity contribution is 6.24. The number of aromatic hydroxyl groups is 1. The van der Waals surface area contributed by atoms with Crippen LogP contribution in [0.2, 0.25) is 0 Å². The van der Waals surface area contributed by atoms with E-state index in [-0.39, 0.29) is 36.0 Å². The minimum Gasteiger partial charge on any atom is -0.511 e. The van der Waals surface area contributed by atoms with Gasteiger partial charge in [0.05, 0.1) is 12.7 Å². The number of aliphatic hydroxyl groups is 3. The number of primary amides is 1. The Balaban J connectivity index is 1.96. The van der Waals surface area contributed by atoms with Gasteiger partial charge in [0.15, 0.2) is 11.4 Å². The first-order valence-corrected chi connectivity index (χ1v) is 10.5. The number of phenols is 1. The SMILES string of the molecule is COC(=O)c1cc(N(C)C)c2c(c1O)C(=O)C1=C(O)[C@]3(O)C(=O)C(C(N)=O)=C(O)C[C@@H]3C[C@@H]1C2. The van der Waals surface area contributed by atoms with Crippen LogP contribution in [0.1, 0.15) is 39.1 Å². The van der Waals surface area contributed by atoms with Crippen molar-refractivity contribution in [3.8, 4) is 5.75 Å². The number of methoxy groups -OCH3 is 1. The van der Waals surface area contributed by atoms with E-state index in [0.717, 1.165) is 7.11 Å². The van der Waals surface area contributed by atoms with Crippen molar-refractivity contribution in [2.75, 3.05) is 26.1 Å². The lowest BCUT2D eigenvalue weighted by atomic mass is 9.60. The number of aliphatic hydroxyl groups excluding tert-OH is 2. The molecule has 0 heterocycles. The van der Waals surface area contributed by atoms with Gasteiger partial charge in [0.25, 0.3) is 5.91 Å². The highest BCUT2D eigenvalue weighted by atomic mass is 16.5. The Bertz CT molecular complexity index is 1240. The summed E-state index contributed by atoms with van der Waals surface area (Å²) in [7, 11) is 4.50. The zero-order valence-corrected chi connectivity index (χ0v) is 18.7. The third kappa shape index (κ3) is 2.93. The minimum absolute atomic E-state index is 0.0231. The van der Waals surface area contributed by atoms with E-state index in [0.29, 0.717) is 11.3 Å². The number of hydrogen-bond donors (Lipinski definition) is 5. The lowest BCUT2D eigenvalue weighted by molar-refractivity contribution is -0.144. The lowest BCUT2D eigenvalue weighted by Gasteiger charge is -2.45. The third-order valence-electron chi connectivity index (χ3n) is 6.93. The number of fused-ring (bicyclic) bond motifs is 3. The van der Waals surface area contributed by atoms with Gasteiger partial charge < -0.3 is 35.8 Å². The number of phenolic OH excluding ortho intramolecular Hbond substituents is 1. The van der Waals surface area contributed by atoms with Crippen LogP contribution >= 0.6 is 0 Å². The zero-order valence-electron chi connectivity index (χ0n) is 18.7. The van der Waals surface area contributed by atoms with Gasteiger partial charge in [-0.3, -0.25) is 14.4 Å². The number of amides is 1. The largest absolute Gasteiger partial charge is 0.511 e. The van der Waals surface area contributed by atoms with Crippen molar-refractivity contribution < 1.29 is 44.3 Å². The molecule has 0 bridgehead atoms. The topological polar surface area (TPSA) is 188 Å². The molecule has 0 aromatic heterocycles. The molecule has 0 spiro atoms. The zero-order chi connectivity index (χ0) is 25.3. The summed E-state index contributed by atoms with van der Waals surface area (Å²) < 4.78 is 4.70. The minimum atomic E-state index is -2.64. The second-order valence-corrected chi connectivity index (χ2v) is 8.94. The molecule has 0 aliphatic heterocycles. The predicted molar refractivity (Wildman–Crippen MR) is 116 cm³/mol. The number of nitrogens with two attached hydrogens (primary N) is 1. The second kappa shape index (κ2) is 7.59. The summed E-state index contributed by atoms with van der Waals surface area (Å²) >= 11 is 0. The molecule has 11 heteroatoms. The van der Waals surface area contributed by atoms with Crippen molar-refractivity contribution in [1.82, 2.24) is 0 Å². The van der Waals surface area contributed by atoms with Crippen LogP contribution < -0.4 is 10.6 Å². The van der Waals surface area contributed by atoms with Crippen molar-refractivity contribution in [1.29, 1.82) is 0 Å². The van der Waals surface area contributed by atoms with E-state index < -0.39 is 63.7 Å². The Morgan fingerprint density at radius 2 is 1.82 bits per heavy atom. The number of carbonyl (C=O) groups is 4. The maximum absolute atomic E-state index is 13.6. The van der Waals surface area contributed by atoms with Gasteiger partial charge >= 0.3 is 5.97 Å². The number of esters is 1. The summed E-state index contributed by atoms with van der Waals surface area (Å²) in [6.45, 7) is 0. The van der Waals surface area contributed by atoms with Gasteiger partial charge in [-0.05, 0) is 30.4 Å². The fraction of sp³-hybridized carbons (Fsp3) is 0.391. The monoisotopic (exact) mass is 472 g/mol. The summed E-state index contributed by atoms with van der Waals surface area (Å²) in [5.74, 6) is -8.17. The molecule has 0 radical (unpaired) electrons. The lowest BCUT2D eigenvalue weighted by Crippen LogP contribution is -2.57. The summed E-state index contributed by atoms with van der Waals surface area (Å²) in [5.41, 5.74) is 1.79. The van der Waals surface area contributed by atoms with Crippen LogP contribution in [0.3, 0.4) is 0 Å². The van der Waals surface area contributed by atoms with Gasteiger partial charge in [-0.1, -0.05) is 0 Å². The van der Waals surface area contributed by atoms with Crippen LogP contribution in [-0.4, -0.2) is 70.7 Å². The van der Waals surface area contributed by atoms with Crippen molar-refractivity contribution in [3.63, 3.8) is 0 Å². The average molecular weight is 472 g/mol. The van der Waals surface area contributed by atoms with Crippen molar-refractivity contribution in [2.24, 2.45) is 17.6 Å². The van der Waals surface area contributed by atoms with Crippen LogP contribution in [0.4, 0.5) is 5.69 Å². The second-order valence-electron chi connectivity index (χ2n) is 8.94.